The SMILES string of the molecule is Cc1ccc(C(N)C(C)N)cc1C. The van der Waals surface area contributed by atoms with Crippen molar-refractivity contribution < 1.29 is 0 Å². The summed E-state index contributed by atoms with van der Waals surface area (Å²) >= 11 is 0. The summed E-state index contributed by atoms with van der Waals surface area (Å²) in [6.07, 6.45) is 0. The molecule has 0 bridgehead atoms. The third kappa shape index (κ3) is 2.29. The summed E-state index contributed by atoms with van der Waals surface area (Å²) in [4.78, 5) is 0. The maximum atomic E-state index is 5.93. The van der Waals surface area contributed by atoms with Crippen molar-refractivity contribution in [2.75, 3.05) is 0 Å². The van der Waals surface area contributed by atoms with Gasteiger partial charge in [0, 0.05) is 12.1 Å². The van der Waals surface area contributed by atoms with Gasteiger partial charge < -0.3 is 11.5 Å². The van der Waals surface area contributed by atoms with Crippen LogP contribution in [0.3, 0.4) is 0 Å². The van der Waals surface area contributed by atoms with Crippen LogP contribution in [-0.2, 0) is 0 Å². The van der Waals surface area contributed by atoms with Gasteiger partial charge in [0.1, 0.15) is 0 Å². The van der Waals surface area contributed by atoms with E-state index in [1.165, 1.54) is 11.1 Å². The van der Waals surface area contributed by atoms with Crippen LogP contribution in [0.5, 0.6) is 0 Å². The van der Waals surface area contributed by atoms with Crippen molar-refractivity contribution in [2.45, 2.75) is 32.9 Å². The molecule has 2 heteroatoms. The second-order valence-corrected chi connectivity index (χ2v) is 3.73. The van der Waals surface area contributed by atoms with Crippen molar-refractivity contribution >= 4 is 0 Å². The van der Waals surface area contributed by atoms with Crippen LogP contribution in [0, 0.1) is 13.8 Å². The van der Waals surface area contributed by atoms with Gasteiger partial charge in [-0.2, -0.15) is 0 Å². The highest BCUT2D eigenvalue weighted by Gasteiger charge is 2.10. The summed E-state index contributed by atoms with van der Waals surface area (Å²) in [5.74, 6) is 0. The predicted octanol–water partition coefficient (Wildman–Crippen LogP) is 1.65. The fourth-order valence-electron chi connectivity index (χ4n) is 1.28. The lowest BCUT2D eigenvalue weighted by Crippen LogP contribution is -2.31. The first-order chi connectivity index (χ1) is 6.02. The third-order valence-electron chi connectivity index (χ3n) is 2.48. The smallest absolute Gasteiger partial charge is 0.0446 e. The van der Waals surface area contributed by atoms with E-state index in [9.17, 15) is 0 Å². The first kappa shape index (κ1) is 10.2. The number of benzene rings is 1. The minimum atomic E-state index is -0.0562. The lowest BCUT2D eigenvalue weighted by Gasteiger charge is -2.16. The molecular formula is C11H18N2. The van der Waals surface area contributed by atoms with Crippen molar-refractivity contribution in [3.05, 3.63) is 34.9 Å². The van der Waals surface area contributed by atoms with E-state index in [1.807, 2.05) is 6.92 Å². The van der Waals surface area contributed by atoms with Gasteiger partial charge in [-0.25, -0.2) is 0 Å². The number of aryl methyl sites for hydroxylation is 2. The molecule has 0 aromatic heterocycles. The van der Waals surface area contributed by atoms with E-state index >= 15 is 0 Å². The largest absolute Gasteiger partial charge is 0.326 e. The van der Waals surface area contributed by atoms with Crippen molar-refractivity contribution in [2.24, 2.45) is 11.5 Å². The first-order valence-corrected chi connectivity index (χ1v) is 4.60. The molecule has 4 N–H and O–H groups in total. The molecule has 2 unspecified atom stereocenters. The molecule has 0 aliphatic rings. The molecule has 0 radical (unpaired) electrons. The number of rotatable bonds is 2. The fraction of sp³-hybridized carbons (Fsp3) is 0.455. The van der Waals surface area contributed by atoms with E-state index in [-0.39, 0.29) is 12.1 Å². The molecule has 0 heterocycles. The molecule has 0 aliphatic carbocycles. The summed E-state index contributed by atoms with van der Waals surface area (Å²) in [7, 11) is 0. The topological polar surface area (TPSA) is 52.0 Å². The van der Waals surface area contributed by atoms with E-state index < -0.39 is 0 Å². The van der Waals surface area contributed by atoms with Gasteiger partial charge >= 0.3 is 0 Å². The molecule has 1 aromatic rings. The molecule has 13 heavy (non-hydrogen) atoms. The Balaban J connectivity index is 2.97. The van der Waals surface area contributed by atoms with Gasteiger partial charge in [-0.15, -0.1) is 0 Å². The second kappa shape index (κ2) is 3.90. The molecule has 2 atom stereocenters. The van der Waals surface area contributed by atoms with Crippen molar-refractivity contribution in [1.82, 2.24) is 0 Å². The predicted molar refractivity (Wildman–Crippen MR) is 56.5 cm³/mol. The maximum Gasteiger partial charge on any atom is 0.0446 e. The van der Waals surface area contributed by atoms with Gasteiger partial charge in [-0.05, 0) is 37.5 Å². The lowest BCUT2D eigenvalue weighted by molar-refractivity contribution is 0.588. The molecular weight excluding hydrogens is 160 g/mol. The Morgan fingerprint density at radius 3 is 2.15 bits per heavy atom. The average molecular weight is 178 g/mol. The highest BCUT2D eigenvalue weighted by atomic mass is 14.8. The molecule has 0 amide bonds. The lowest BCUT2D eigenvalue weighted by atomic mass is 9.98. The molecule has 0 fully saturated rings. The number of hydrogen-bond acceptors (Lipinski definition) is 2. The van der Waals surface area contributed by atoms with Gasteiger partial charge in [-0.1, -0.05) is 18.2 Å². The molecule has 72 valence electrons. The average Bonchev–Trinajstić information content (AvgIpc) is 2.08. The van der Waals surface area contributed by atoms with E-state index in [0.29, 0.717) is 0 Å². The van der Waals surface area contributed by atoms with Crippen molar-refractivity contribution in [3.63, 3.8) is 0 Å². The Labute approximate surface area is 79.9 Å². The van der Waals surface area contributed by atoms with Gasteiger partial charge in [0.05, 0.1) is 0 Å². The minimum absolute atomic E-state index is 0.00195. The van der Waals surface area contributed by atoms with Gasteiger partial charge in [0.15, 0.2) is 0 Å². The zero-order chi connectivity index (χ0) is 10.0. The summed E-state index contributed by atoms with van der Waals surface area (Å²) in [6, 6.07) is 6.20. The van der Waals surface area contributed by atoms with Crippen molar-refractivity contribution in [1.29, 1.82) is 0 Å². The summed E-state index contributed by atoms with van der Waals surface area (Å²) in [6.45, 7) is 6.11. The maximum absolute atomic E-state index is 5.93. The molecule has 0 spiro atoms. The normalized spacial score (nSPS) is 15.5. The highest BCUT2D eigenvalue weighted by molar-refractivity contribution is 5.32. The summed E-state index contributed by atoms with van der Waals surface area (Å²) in [5.41, 5.74) is 15.4. The molecule has 2 nitrogen and oxygen atoms in total. The Kier molecular flexibility index (Phi) is 3.07. The minimum Gasteiger partial charge on any atom is -0.326 e. The van der Waals surface area contributed by atoms with Gasteiger partial charge in [0.2, 0.25) is 0 Å². The van der Waals surface area contributed by atoms with Crippen LogP contribution in [0.4, 0.5) is 0 Å². The number of hydrogen-bond donors (Lipinski definition) is 2. The van der Waals surface area contributed by atoms with Crippen LogP contribution < -0.4 is 11.5 Å². The van der Waals surface area contributed by atoms with Gasteiger partial charge in [-0.3, -0.25) is 0 Å². The first-order valence-electron chi connectivity index (χ1n) is 4.60. The van der Waals surface area contributed by atoms with Crippen molar-refractivity contribution in [3.8, 4) is 0 Å². The fourth-order valence-corrected chi connectivity index (χ4v) is 1.28. The summed E-state index contributed by atoms with van der Waals surface area (Å²) < 4.78 is 0. The summed E-state index contributed by atoms with van der Waals surface area (Å²) in [5, 5.41) is 0. The molecule has 0 saturated carbocycles. The highest BCUT2D eigenvalue weighted by Crippen LogP contribution is 2.16. The zero-order valence-electron chi connectivity index (χ0n) is 8.54. The number of nitrogens with two attached hydrogens (primary N) is 2. The van der Waals surface area contributed by atoms with E-state index in [2.05, 4.69) is 32.0 Å². The zero-order valence-corrected chi connectivity index (χ0v) is 8.54. The molecule has 1 rings (SSSR count). The third-order valence-corrected chi connectivity index (χ3v) is 2.48. The van der Waals surface area contributed by atoms with Gasteiger partial charge in [0.25, 0.3) is 0 Å². The van der Waals surface area contributed by atoms with Crippen LogP contribution in [0.15, 0.2) is 18.2 Å². The molecule has 0 aliphatic heterocycles. The Hall–Kier alpha value is -0.860. The second-order valence-electron chi connectivity index (χ2n) is 3.73. The van der Waals surface area contributed by atoms with E-state index in [1.54, 1.807) is 0 Å². The van der Waals surface area contributed by atoms with Crippen LogP contribution >= 0.6 is 0 Å². The monoisotopic (exact) mass is 178 g/mol. The quantitative estimate of drug-likeness (QED) is 0.723. The van der Waals surface area contributed by atoms with Crippen LogP contribution in [0.25, 0.3) is 0 Å². The Morgan fingerprint density at radius 1 is 1.08 bits per heavy atom. The van der Waals surface area contributed by atoms with E-state index in [0.717, 1.165) is 5.56 Å². The standard InChI is InChI=1S/C11H18N2/c1-7-4-5-10(6-8(7)2)11(13)9(3)12/h4-6,9,11H,12-13H2,1-3H3. The van der Waals surface area contributed by atoms with Crippen LogP contribution in [0.2, 0.25) is 0 Å². The Morgan fingerprint density at radius 2 is 1.69 bits per heavy atom. The van der Waals surface area contributed by atoms with E-state index in [4.69, 9.17) is 11.5 Å². The molecule has 1 aromatic carbocycles. The van der Waals surface area contributed by atoms with Crippen LogP contribution in [0.1, 0.15) is 29.7 Å². The molecule has 0 saturated heterocycles. The van der Waals surface area contributed by atoms with Crippen LogP contribution in [-0.4, -0.2) is 6.04 Å². The Bertz CT molecular complexity index is 292.